The summed E-state index contributed by atoms with van der Waals surface area (Å²) in [6.07, 6.45) is 2.66. The molecule has 0 radical (unpaired) electrons. The topological polar surface area (TPSA) is 54.1 Å². The second-order valence-electron chi connectivity index (χ2n) is 6.38. The molecule has 1 unspecified atom stereocenters. The highest BCUT2D eigenvalue weighted by atomic mass is 35.5. The molecule has 1 amide bonds. The van der Waals surface area contributed by atoms with E-state index in [0.717, 1.165) is 35.2 Å². The molecule has 4 nitrogen and oxygen atoms in total. The first-order valence-electron chi connectivity index (χ1n) is 8.45. The minimum absolute atomic E-state index is 0.0348. The van der Waals surface area contributed by atoms with Crippen LogP contribution in [0.25, 0.3) is 10.9 Å². The van der Waals surface area contributed by atoms with E-state index in [2.05, 4.69) is 10.3 Å². The number of aromatic amines is 1. The van der Waals surface area contributed by atoms with Gasteiger partial charge < -0.3 is 15.0 Å². The van der Waals surface area contributed by atoms with Crippen molar-refractivity contribution in [2.75, 3.05) is 6.61 Å². The van der Waals surface area contributed by atoms with Crippen LogP contribution in [0.5, 0.6) is 5.75 Å². The van der Waals surface area contributed by atoms with E-state index in [1.54, 1.807) is 0 Å². The van der Waals surface area contributed by atoms with Gasteiger partial charge in [-0.3, -0.25) is 4.79 Å². The first kappa shape index (κ1) is 16.0. The van der Waals surface area contributed by atoms with E-state index in [1.165, 1.54) is 11.3 Å². The first-order valence-corrected chi connectivity index (χ1v) is 8.83. The maximum Gasteiger partial charge on any atom is 0.258 e. The predicted molar refractivity (Wildman–Crippen MR) is 99.2 cm³/mol. The molecule has 0 fully saturated rings. The molecule has 2 N–H and O–H groups in total. The molecule has 1 heterocycles. The highest BCUT2D eigenvalue weighted by Gasteiger charge is 2.23. The Kier molecular flexibility index (Phi) is 4.36. The smallest absolute Gasteiger partial charge is 0.258 e. The Bertz CT molecular complexity index is 905. The van der Waals surface area contributed by atoms with Crippen molar-refractivity contribution >= 4 is 28.4 Å². The van der Waals surface area contributed by atoms with Crippen LogP contribution in [0.1, 0.15) is 17.7 Å². The van der Waals surface area contributed by atoms with Crippen LogP contribution in [0.4, 0.5) is 0 Å². The number of fused-ring (bicyclic) bond motifs is 3. The molecule has 0 aliphatic heterocycles. The molecular weight excluding hydrogens is 336 g/mol. The minimum Gasteiger partial charge on any atom is -0.484 e. The Hall–Kier alpha value is -2.46. The van der Waals surface area contributed by atoms with Crippen molar-refractivity contribution in [3.8, 4) is 5.75 Å². The van der Waals surface area contributed by atoms with Crippen LogP contribution in [0.15, 0.2) is 48.5 Å². The number of halogens is 1. The van der Waals surface area contributed by atoms with Gasteiger partial charge >= 0.3 is 0 Å². The maximum atomic E-state index is 12.2. The summed E-state index contributed by atoms with van der Waals surface area (Å²) < 4.78 is 5.51. The summed E-state index contributed by atoms with van der Waals surface area (Å²) in [5.41, 5.74) is 3.62. The van der Waals surface area contributed by atoms with E-state index < -0.39 is 0 Å². The lowest BCUT2D eigenvalue weighted by molar-refractivity contribution is -0.123. The van der Waals surface area contributed by atoms with Crippen molar-refractivity contribution in [3.05, 3.63) is 64.8 Å². The maximum absolute atomic E-state index is 12.2. The lowest BCUT2D eigenvalue weighted by atomic mass is 9.91. The molecule has 4 rings (SSSR count). The van der Waals surface area contributed by atoms with Crippen LogP contribution < -0.4 is 10.1 Å². The van der Waals surface area contributed by atoms with Crippen molar-refractivity contribution in [2.45, 2.75) is 25.3 Å². The van der Waals surface area contributed by atoms with Crippen LogP contribution in [-0.4, -0.2) is 23.5 Å². The average Bonchev–Trinajstić information content (AvgIpc) is 2.98. The number of carbonyl (C=O) groups is 1. The highest BCUT2D eigenvalue weighted by molar-refractivity contribution is 6.31. The van der Waals surface area contributed by atoms with Crippen LogP contribution in [0.2, 0.25) is 5.02 Å². The van der Waals surface area contributed by atoms with E-state index in [-0.39, 0.29) is 18.6 Å². The average molecular weight is 355 g/mol. The number of hydrogen-bond acceptors (Lipinski definition) is 2. The number of hydrogen-bond donors (Lipinski definition) is 2. The largest absolute Gasteiger partial charge is 0.484 e. The van der Waals surface area contributed by atoms with Crippen LogP contribution in [0.3, 0.4) is 0 Å². The fraction of sp³-hybridized carbons (Fsp3) is 0.250. The van der Waals surface area contributed by atoms with Gasteiger partial charge in [-0.25, -0.2) is 0 Å². The summed E-state index contributed by atoms with van der Waals surface area (Å²) in [6.45, 7) is 0.0348. The molecule has 0 bridgehead atoms. The van der Waals surface area contributed by atoms with Crippen molar-refractivity contribution in [2.24, 2.45) is 0 Å². The summed E-state index contributed by atoms with van der Waals surface area (Å²) >= 11 is 6.14. The standard InChI is InChI=1S/C20H19ClN2O2/c21-13-6-8-18-16(10-13)17-11-14(7-9-19(17)23-18)22-20(24)12-25-15-4-2-1-3-5-15/h1-6,8,10,14,23H,7,9,11-12H2,(H,22,24). The zero-order valence-corrected chi connectivity index (χ0v) is 14.5. The quantitative estimate of drug-likeness (QED) is 0.747. The van der Waals surface area contributed by atoms with Gasteiger partial charge in [-0.05, 0) is 55.2 Å². The molecular formula is C20H19ClN2O2. The van der Waals surface area contributed by atoms with Gasteiger partial charge in [0.2, 0.25) is 0 Å². The number of aryl methyl sites for hydroxylation is 1. The van der Waals surface area contributed by atoms with Crippen LogP contribution in [0, 0.1) is 0 Å². The van der Waals surface area contributed by atoms with Gasteiger partial charge in [0.15, 0.2) is 6.61 Å². The van der Waals surface area contributed by atoms with Gasteiger partial charge in [0.05, 0.1) is 0 Å². The summed E-state index contributed by atoms with van der Waals surface area (Å²) in [4.78, 5) is 15.7. The lowest BCUT2D eigenvalue weighted by Crippen LogP contribution is -2.41. The van der Waals surface area contributed by atoms with Crippen LogP contribution in [-0.2, 0) is 17.6 Å². The Morgan fingerprint density at radius 1 is 1.24 bits per heavy atom. The number of nitrogens with one attached hydrogen (secondary N) is 2. The number of rotatable bonds is 4. The minimum atomic E-state index is -0.0878. The number of ether oxygens (including phenoxy) is 1. The van der Waals surface area contributed by atoms with E-state index >= 15 is 0 Å². The Morgan fingerprint density at radius 2 is 2.08 bits per heavy atom. The molecule has 3 aromatic rings. The lowest BCUT2D eigenvalue weighted by Gasteiger charge is -2.23. The fourth-order valence-corrected chi connectivity index (χ4v) is 3.62. The predicted octanol–water partition coefficient (Wildman–Crippen LogP) is 3.87. The Morgan fingerprint density at radius 3 is 2.92 bits per heavy atom. The third-order valence-electron chi connectivity index (χ3n) is 4.63. The van der Waals surface area contributed by atoms with E-state index in [1.807, 2.05) is 48.5 Å². The van der Waals surface area contributed by atoms with E-state index in [9.17, 15) is 4.79 Å². The number of benzene rings is 2. The van der Waals surface area contributed by atoms with Crippen molar-refractivity contribution in [1.29, 1.82) is 0 Å². The SMILES string of the molecule is O=C(COc1ccccc1)NC1CCc2[nH]c3ccc(Cl)cc3c2C1. The summed E-state index contributed by atoms with van der Waals surface area (Å²) in [7, 11) is 0. The molecule has 0 saturated carbocycles. The molecule has 1 aromatic heterocycles. The highest BCUT2D eigenvalue weighted by Crippen LogP contribution is 2.31. The zero-order valence-electron chi connectivity index (χ0n) is 13.7. The number of para-hydroxylation sites is 1. The molecule has 25 heavy (non-hydrogen) atoms. The van der Waals surface area contributed by atoms with Gasteiger partial charge in [-0.15, -0.1) is 0 Å². The van der Waals surface area contributed by atoms with Gasteiger partial charge in [-0.1, -0.05) is 29.8 Å². The van der Waals surface area contributed by atoms with E-state index in [0.29, 0.717) is 5.75 Å². The Balaban J connectivity index is 1.41. The van der Waals surface area contributed by atoms with Crippen LogP contribution >= 0.6 is 11.6 Å². The first-order chi connectivity index (χ1) is 12.2. The Labute approximate surface area is 151 Å². The number of H-pyrrole nitrogens is 1. The molecule has 1 aliphatic carbocycles. The van der Waals surface area contributed by atoms with Gasteiger partial charge in [0, 0.05) is 27.7 Å². The van der Waals surface area contributed by atoms with Crippen molar-refractivity contribution in [3.63, 3.8) is 0 Å². The van der Waals surface area contributed by atoms with E-state index in [4.69, 9.17) is 16.3 Å². The fourth-order valence-electron chi connectivity index (χ4n) is 3.45. The summed E-state index contributed by atoms with van der Waals surface area (Å²) in [5, 5.41) is 4.98. The zero-order chi connectivity index (χ0) is 17.2. The van der Waals surface area contributed by atoms with Gasteiger partial charge in [-0.2, -0.15) is 0 Å². The molecule has 128 valence electrons. The summed E-state index contributed by atoms with van der Waals surface area (Å²) in [6, 6.07) is 15.4. The molecule has 1 atom stereocenters. The third kappa shape index (κ3) is 3.49. The van der Waals surface area contributed by atoms with Gasteiger partial charge in [0.1, 0.15) is 5.75 Å². The number of carbonyl (C=O) groups excluding carboxylic acids is 1. The molecule has 2 aromatic carbocycles. The molecule has 0 saturated heterocycles. The third-order valence-corrected chi connectivity index (χ3v) is 4.86. The monoisotopic (exact) mass is 354 g/mol. The second kappa shape index (κ2) is 6.81. The second-order valence-corrected chi connectivity index (χ2v) is 6.82. The number of amides is 1. The van der Waals surface area contributed by atoms with Crippen molar-refractivity contribution < 1.29 is 9.53 Å². The summed E-state index contributed by atoms with van der Waals surface area (Å²) in [5.74, 6) is 0.616. The molecule has 1 aliphatic rings. The van der Waals surface area contributed by atoms with Gasteiger partial charge in [0.25, 0.3) is 5.91 Å². The molecule has 5 heteroatoms. The van der Waals surface area contributed by atoms with Crippen molar-refractivity contribution in [1.82, 2.24) is 10.3 Å². The molecule has 0 spiro atoms. The normalized spacial score (nSPS) is 16.4. The number of aromatic nitrogens is 1.